The molecular weight excluding hydrogens is 414 g/mol. The summed E-state index contributed by atoms with van der Waals surface area (Å²) in [5.41, 5.74) is 2.50. The summed E-state index contributed by atoms with van der Waals surface area (Å²) in [6.45, 7) is 0. The highest BCUT2D eigenvalue weighted by atomic mass is 79.9. The van der Waals surface area contributed by atoms with Gasteiger partial charge in [-0.05, 0) is 55.0 Å². The van der Waals surface area contributed by atoms with Crippen LogP contribution in [0.4, 0.5) is 5.00 Å². The number of anilines is 1. The predicted molar refractivity (Wildman–Crippen MR) is 109 cm³/mol. The molecule has 0 unspecified atom stereocenters. The van der Waals surface area contributed by atoms with Gasteiger partial charge in [0.1, 0.15) is 5.00 Å². The molecule has 136 valence electrons. The van der Waals surface area contributed by atoms with E-state index in [4.69, 9.17) is 4.74 Å². The highest BCUT2D eigenvalue weighted by Crippen LogP contribution is 2.37. The van der Waals surface area contributed by atoms with E-state index < -0.39 is 0 Å². The van der Waals surface area contributed by atoms with Crippen molar-refractivity contribution < 1.29 is 14.3 Å². The Hall–Kier alpha value is -1.92. The van der Waals surface area contributed by atoms with Gasteiger partial charge in [0.25, 0.3) is 0 Å². The third kappa shape index (κ3) is 4.43. The van der Waals surface area contributed by atoms with Crippen molar-refractivity contribution in [3.8, 4) is 0 Å². The topological polar surface area (TPSA) is 55.4 Å². The minimum absolute atomic E-state index is 0.255. The van der Waals surface area contributed by atoms with E-state index in [0.717, 1.165) is 41.3 Å². The zero-order chi connectivity index (χ0) is 18.5. The molecule has 1 heterocycles. The summed E-state index contributed by atoms with van der Waals surface area (Å²) in [4.78, 5) is 25.8. The van der Waals surface area contributed by atoms with Gasteiger partial charge in [-0.25, -0.2) is 4.79 Å². The number of halogens is 1. The van der Waals surface area contributed by atoms with E-state index in [9.17, 15) is 9.59 Å². The number of amides is 1. The minimum atomic E-state index is -0.378. The van der Waals surface area contributed by atoms with Crippen LogP contribution in [0.1, 0.15) is 45.6 Å². The van der Waals surface area contributed by atoms with Gasteiger partial charge in [-0.2, -0.15) is 0 Å². The maximum Gasteiger partial charge on any atom is 0.341 e. The molecule has 0 bridgehead atoms. The fourth-order valence-corrected chi connectivity index (χ4v) is 4.59. The Labute approximate surface area is 165 Å². The summed E-state index contributed by atoms with van der Waals surface area (Å²) in [6.07, 6.45) is 8.39. The lowest BCUT2D eigenvalue weighted by Gasteiger charge is -2.06. The maximum atomic E-state index is 12.3. The van der Waals surface area contributed by atoms with E-state index in [1.54, 1.807) is 6.08 Å². The monoisotopic (exact) mass is 433 g/mol. The Bertz CT molecular complexity index is 839. The molecule has 26 heavy (non-hydrogen) atoms. The van der Waals surface area contributed by atoms with E-state index in [2.05, 4.69) is 21.2 Å². The van der Waals surface area contributed by atoms with Gasteiger partial charge in [0.2, 0.25) is 5.91 Å². The van der Waals surface area contributed by atoms with Crippen LogP contribution in [-0.2, 0) is 22.4 Å². The second-order valence-corrected chi connectivity index (χ2v) is 8.16. The molecule has 3 rings (SSSR count). The lowest BCUT2D eigenvalue weighted by atomic mass is 10.1. The highest BCUT2D eigenvalue weighted by Gasteiger charge is 2.25. The van der Waals surface area contributed by atoms with E-state index in [1.807, 2.05) is 24.3 Å². The van der Waals surface area contributed by atoms with Crippen molar-refractivity contribution in [3.05, 3.63) is 56.4 Å². The van der Waals surface area contributed by atoms with Crippen molar-refractivity contribution in [2.24, 2.45) is 0 Å². The Balaban J connectivity index is 1.81. The molecule has 1 aromatic heterocycles. The molecule has 0 spiro atoms. The van der Waals surface area contributed by atoms with Crippen molar-refractivity contribution >= 4 is 50.2 Å². The number of hydrogen-bond donors (Lipinski definition) is 1. The molecule has 0 saturated carbocycles. The quantitative estimate of drug-likeness (QED) is 0.408. The fourth-order valence-electron chi connectivity index (χ4n) is 3.05. The zero-order valence-electron chi connectivity index (χ0n) is 14.5. The Kier molecular flexibility index (Phi) is 6.27. The molecule has 1 aromatic carbocycles. The number of carbonyl (C=O) groups is 2. The summed E-state index contributed by atoms with van der Waals surface area (Å²) in [6, 6.07) is 7.68. The summed E-state index contributed by atoms with van der Waals surface area (Å²) >= 11 is 4.88. The van der Waals surface area contributed by atoms with Crippen LogP contribution in [0.3, 0.4) is 0 Å². The van der Waals surface area contributed by atoms with Gasteiger partial charge in [0.15, 0.2) is 0 Å². The zero-order valence-corrected chi connectivity index (χ0v) is 16.9. The molecule has 1 aliphatic rings. The number of ether oxygens (including phenoxy) is 1. The van der Waals surface area contributed by atoms with E-state index in [1.165, 1.54) is 35.8 Å². The largest absolute Gasteiger partial charge is 0.465 e. The first-order chi connectivity index (χ1) is 12.6. The Morgan fingerprint density at radius 1 is 1.15 bits per heavy atom. The molecular formula is C20H20BrNO3S. The number of rotatable bonds is 4. The second kappa shape index (κ2) is 8.64. The average molecular weight is 434 g/mol. The first kappa shape index (κ1) is 18.9. The number of aryl methyl sites for hydroxylation is 1. The van der Waals surface area contributed by atoms with Gasteiger partial charge < -0.3 is 10.1 Å². The van der Waals surface area contributed by atoms with E-state index >= 15 is 0 Å². The number of nitrogens with one attached hydrogen (secondary N) is 1. The second-order valence-electron chi connectivity index (χ2n) is 6.13. The summed E-state index contributed by atoms with van der Waals surface area (Å²) < 4.78 is 5.95. The maximum absolute atomic E-state index is 12.3. The van der Waals surface area contributed by atoms with E-state index in [0.29, 0.717) is 10.6 Å². The number of methoxy groups -OCH3 is 1. The van der Waals surface area contributed by atoms with Crippen LogP contribution in [0.15, 0.2) is 34.8 Å². The van der Waals surface area contributed by atoms with Crippen LogP contribution in [0.2, 0.25) is 0 Å². The molecule has 1 amide bonds. The van der Waals surface area contributed by atoms with Gasteiger partial charge >= 0.3 is 5.97 Å². The molecule has 0 aliphatic heterocycles. The van der Waals surface area contributed by atoms with Crippen LogP contribution in [-0.4, -0.2) is 19.0 Å². The molecule has 1 aliphatic carbocycles. The fraction of sp³-hybridized carbons (Fsp3) is 0.300. The summed E-state index contributed by atoms with van der Waals surface area (Å²) in [7, 11) is 1.38. The van der Waals surface area contributed by atoms with Crippen LogP contribution in [0.5, 0.6) is 0 Å². The number of thiophene rings is 1. The summed E-state index contributed by atoms with van der Waals surface area (Å²) in [5.74, 6) is -0.633. The molecule has 0 radical (unpaired) electrons. The first-order valence-electron chi connectivity index (χ1n) is 8.56. The third-order valence-corrected chi connectivity index (χ3v) is 6.08. The summed E-state index contributed by atoms with van der Waals surface area (Å²) in [5, 5.41) is 3.46. The van der Waals surface area contributed by atoms with Gasteiger partial charge in [-0.1, -0.05) is 34.5 Å². The SMILES string of the molecule is COC(=O)c1c(NC(=O)C=Cc2ccc(Br)cc2)sc2c1CCCCC2. The highest BCUT2D eigenvalue weighted by molar-refractivity contribution is 9.10. The molecule has 6 heteroatoms. The lowest BCUT2D eigenvalue weighted by Crippen LogP contribution is -2.12. The average Bonchev–Trinajstić information content (AvgIpc) is 2.81. The number of esters is 1. The van der Waals surface area contributed by atoms with Crippen LogP contribution in [0.25, 0.3) is 6.08 Å². The van der Waals surface area contributed by atoms with Gasteiger partial charge in [-0.3, -0.25) is 4.79 Å². The number of benzene rings is 1. The van der Waals surface area contributed by atoms with Crippen molar-refractivity contribution in [2.75, 3.05) is 12.4 Å². The van der Waals surface area contributed by atoms with Gasteiger partial charge in [0, 0.05) is 15.4 Å². The standard InChI is InChI=1S/C20H20BrNO3S/c1-25-20(24)18-15-5-3-2-4-6-16(15)26-19(18)22-17(23)12-9-13-7-10-14(21)11-8-13/h7-12H,2-6H2,1H3,(H,22,23). The Morgan fingerprint density at radius 2 is 1.88 bits per heavy atom. The molecule has 4 nitrogen and oxygen atoms in total. The van der Waals surface area contributed by atoms with E-state index in [-0.39, 0.29) is 11.9 Å². The van der Waals surface area contributed by atoms with Crippen molar-refractivity contribution in [1.29, 1.82) is 0 Å². The Morgan fingerprint density at radius 3 is 2.62 bits per heavy atom. The number of carbonyl (C=O) groups excluding carboxylic acids is 2. The van der Waals surface area contributed by atoms with Crippen LogP contribution in [0, 0.1) is 0 Å². The van der Waals surface area contributed by atoms with Crippen LogP contribution >= 0.6 is 27.3 Å². The lowest BCUT2D eigenvalue weighted by molar-refractivity contribution is -0.111. The molecule has 0 fully saturated rings. The normalized spacial score (nSPS) is 13.9. The first-order valence-corrected chi connectivity index (χ1v) is 10.2. The molecule has 2 aromatic rings. The van der Waals surface area contributed by atoms with Gasteiger partial charge in [0.05, 0.1) is 12.7 Å². The smallest absolute Gasteiger partial charge is 0.341 e. The van der Waals surface area contributed by atoms with Crippen LogP contribution < -0.4 is 5.32 Å². The number of fused-ring (bicyclic) bond motifs is 1. The molecule has 0 saturated heterocycles. The molecule has 0 atom stereocenters. The van der Waals surface area contributed by atoms with Crippen molar-refractivity contribution in [2.45, 2.75) is 32.1 Å². The van der Waals surface area contributed by atoms with Crippen molar-refractivity contribution in [3.63, 3.8) is 0 Å². The van der Waals surface area contributed by atoms with Gasteiger partial charge in [-0.15, -0.1) is 11.3 Å². The molecule has 1 N–H and O–H groups in total. The predicted octanol–water partition coefficient (Wildman–Crippen LogP) is 5.22. The minimum Gasteiger partial charge on any atom is -0.465 e. The third-order valence-electron chi connectivity index (χ3n) is 4.34. The number of hydrogen-bond acceptors (Lipinski definition) is 4. The van der Waals surface area contributed by atoms with Crippen molar-refractivity contribution in [1.82, 2.24) is 0 Å².